The molecule has 3 aromatic rings. The molecule has 3 heterocycles. The summed E-state index contributed by atoms with van der Waals surface area (Å²) < 4.78 is 15.1. The summed E-state index contributed by atoms with van der Waals surface area (Å²) in [6.07, 6.45) is 3.52. The molecule has 4 rings (SSSR count). The predicted octanol–water partition coefficient (Wildman–Crippen LogP) is 4.41. The first kappa shape index (κ1) is 18.7. The Morgan fingerprint density at radius 2 is 1.93 bits per heavy atom. The molecule has 0 spiro atoms. The van der Waals surface area contributed by atoms with Crippen LogP contribution in [0.2, 0.25) is 0 Å². The Labute approximate surface area is 167 Å². The maximum absolute atomic E-state index is 13.1. The second-order valence-corrected chi connectivity index (χ2v) is 8.03. The highest BCUT2D eigenvalue weighted by molar-refractivity contribution is 7.12. The van der Waals surface area contributed by atoms with Crippen molar-refractivity contribution in [1.82, 2.24) is 14.5 Å². The lowest BCUT2D eigenvalue weighted by molar-refractivity contribution is 0.0718. The van der Waals surface area contributed by atoms with E-state index in [0.29, 0.717) is 13.1 Å². The molecule has 146 valence electrons. The van der Waals surface area contributed by atoms with Crippen molar-refractivity contribution < 1.29 is 9.18 Å². The van der Waals surface area contributed by atoms with Crippen LogP contribution in [-0.2, 0) is 0 Å². The van der Waals surface area contributed by atoms with Crippen molar-refractivity contribution >= 4 is 22.9 Å². The van der Waals surface area contributed by atoms with Crippen LogP contribution < -0.4 is 5.32 Å². The molecular weight excluding hydrogens is 375 g/mol. The quantitative estimate of drug-likeness (QED) is 0.708. The van der Waals surface area contributed by atoms with E-state index in [1.165, 1.54) is 12.1 Å². The molecule has 0 unspecified atom stereocenters. The highest BCUT2D eigenvalue weighted by Gasteiger charge is 2.26. The molecule has 7 heteroatoms. The van der Waals surface area contributed by atoms with Gasteiger partial charge in [-0.1, -0.05) is 0 Å². The minimum Gasteiger partial charge on any atom is -0.382 e. The number of amides is 1. The number of aromatic nitrogens is 2. The molecule has 0 bridgehead atoms. The maximum Gasteiger partial charge on any atom is 0.255 e. The van der Waals surface area contributed by atoms with Gasteiger partial charge in [0, 0.05) is 47.8 Å². The van der Waals surface area contributed by atoms with Gasteiger partial charge in [0.05, 0.1) is 5.56 Å². The average Bonchev–Trinajstić information content (AvgIpc) is 3.31. The molecule has 1 saturated heterocycles. The first-order valence-electron chi connectivity index (χ1n) is 9.43. The molecule has 2 aromatic heterocycles. The van der Waals surface area contributed by atoms with E-state index in [9.17, 15) is 9.18 Å². The molecule has 28 heavy (non-hydrogen) atoms. The zero-order chi connectivity index (χ0) is 19.7. The van der Waals surface area contributed by atoms with Gasteiger partial charge in [-0.2, -0.15) is 0 Å². The Kier molecular flexibility index (Phi) is 5.17. The Balaban J connectivity index is 1.42. The molecule has 1 N–H and O–H groups in total. The molecule has 0 radical (unpaired) electrons. The summed E-state index contributed by atoms with van der Waals surface area (Å²) in [5.41, 5.74) is 3.61. The zero-order valence-corrected chi connectivity index (χ0v) is 16.8. The van der Waals surface area contributed by atoms with Crippen molar-refractivity contribution in [2.75, 3.05) is 18.4 Å². The number of likely N-dealkylation sites (tertiary alicyclic amines) is 1. The Morgan fingerprint density at radius 1 is 1.21 bits per heavy atom. The van der Waals surface area contributed by atoms with E-state index in [1.807, 2.05) is 34.8 Å². The van der Waals surface area contributed by atoms with Crippen LogP contribution in [0.4, 0.5) is 10.1 Å². The Hall–Kier alpha value is -2.67. The van der Waals surface area contributed by atoms with Gasteiger partial charge in [-0.15, -0.1) is 11.3 Å². The van der Waals surface area contributed by atoms with E-state index >= 15 is 0 Å². The average molecular weight is 399 g/mol. The van der Waals surface area contributed by atoms with Crippen molar-refractivity contribution in [3.63, 3.8) is 0 Å². The number of hydrogen-bond acceptors (Lipinski definition) is 4. The van der Waals surface area contributed by atoms with Gasteiger partial charge < -0.3 is 10.2 Å². The second-order valence-electron chi connectivity index (χ2n) is 7.15. The fourth-order valence-corrected chi connectivity index (χ4v) is 4.53. The fourth-order valence-electron chi connectivity index (χ4n) is 3.78. The highest BCUT2D eigenvalue weighted by Crippen LogP contribution is 2.25. The summed E-state index contributed by atoms with van der Waals surface area (Å²) in [7, 11) is 0. The summed E-state index contributed by atoms with van der Waals surface area (Å²) in [4.78, 5) is 19.4. The van der Waals surface area contributed by atoms with Gasteiger partial charge in [-0.3, -0.25) is 9.36 Å². The summed E-state index contributed by atoms with van der Waals surface area (Å²) in [6, 6.07) is 8.67. The third kappa shape index (κ3) is 3.67. The van der Waals surface area contributed by atoms with E-state index in [-0.39, 0.29) is 17.8 Å². The minimum atomic E-state index is -0.235. The largest absolute Gasteiger partial charge is 0.382 e. The highest BCUT2D eigenvalue weighted by atomic mass is 32.1. The normalized spacial score (nSPS) is 15.0. The number of benzene rings is 1. The smallest absolute Gasteiger partial charge is 0.255 e. The van der Waals surface area contributed by atoms with Gasteiger partial charge in [-0.05, 0) is 57.0 Å². The van der Waals surface area contributed by atoms with Gasteiger partial charge in [0.1, 0.15) is 5.82 Å². The number of thiazole rings is 1. The molecule has 1 aromatic carbocycles. The van der Waals surface area contributed by atoms with E-state index in [0.717, 1.165) is 40.6 Å². The van der Waals surface area contributed by atoms with Crippen LogP contribution in [-0.4, -0.2) is 39.5 Å². The monoisotopic (exact) mass is 398 g/mol. The lowest BCUT2D eigenvalue weighted by Crippen LogP contribution is -2.42. The lowest BCUT2D eigenvalue weighted by Gasteiger charge is -2.33. The van der Waals surface area contributed by atoms with E-state index in [4.69, 9.17) is 0 Å². The SMILES string of the molecule is Cc1cc(C(=O)N2CCC(Nc3ccc(F)cc3)CC2)c(C)n1-c1nccs1. The Morgan fingerprint density at radius 3 is 2.57 bits per heavy atom. The van der Waals surface area contributed by atoms with Crippen LogP contribution in [0, 0.1) is 19.7 Å². The summed E-state index contributed by atoms with van der Waals surface area (Å²) in [5.74, 6) is -0.155. The van der Waals surface area contributed by atoms with Crippen LogP contribution in [0.1, 0.15) is 34.6 Å². The van der Waals surface area contributed by atoms with Crippen LogP contribution in [0.3, 0.4) is 0 Å². The molecule has 1 fully saturated rings. The number of hydrogen-bond donors (Lipinski definition) is 1. The number of nitrogens with zero attached hydrogens (tertiary/aromatic N) is 3. The molecule has 1 aliphatic rings. The predicted molar refractivity (Wildman–Crippen MR) is 110 cm³/mol. The van der Waals surface area contributed by atoms with Crippen LogP contribution in [0.25, 0.3) is 5.13 Å². The number of aryl methyl sites for hydroxylation is 1. The summed E-state index contributed by atoms with van der Waals surface area (Å²) >= 11 is 1.56. The molecule has 1 amide bonds. The van der Waals surface area contributed by atoms with Crippen molar-refractivity contribution in [2.45, 2.75) is 32.7 Å². The number of carbonyl (C=O) groups is 1. The first-order valence-corrected chi connectivity index (χ1v) is 10.3. The van der Waals surface area contributed by atoms with E-state index in [2.05, 4.69) is 10.3 Å². The number of halogens is 1. The zero-order valence-electron chi connectivity index (χ0n) is 16.0. The van der Waals surface area contributed by atoms with Crippen molar-refractivity contribution in [3.05, 3.63) is 64.7 Å². The molecule has 0 atom stereocenters. The molecular formula is C21H23FN4OS. The second kappa shape index (κ2) is 7.75. The maximum atomic E-state index is 13.1. The van der Waals surface area contributed by atoms with Gasteiger partial charge in [0.25, 0.3) is 5.91 Å². The van der Waals surface area contributed by atoms with E-state index < -0.39 is 0 Å². The number of piperidine rings is 1. The van der Waals surface area contributed by atoms with Crippen molar-refractivity contribution in [3.8, 4) is 5.13 Å². The number of carbonyl (C=O) groups excluding carboxylic acids is 1. The molecule has 1 aliphatic heterocycles. The standard InChI is InChI=1S/C21H23FN4OS/c1-14-13-19(15(2)26(14)21-23-9-12-28-21)20(27)25-10-7-18(8-11-25)24-17-5-3-16(22)4-6-17/h3-6,9,12-13,18,24H,7-8,10-11H2,1-2H3. The van der Waals surface area contributed by atoms with Gasteiger partial charge in [0.2, 0.25) is 0 Å². The first-order chi connectivity index (χ1) is 13.5. The van der Waals surface area contributed by atoms with Crippen LogP contribution in [0.15, 0.2) is 41.9 Å². The summed E-state index contributed by atoms with van der Waals surface area (Å²) in [5, 5.41) is 6.26. The third-order valence-corrected chi connectivity index (χ3v) is 6.03. The number of rotatable bonds is 4. The topological polar surface area (TPSA) is 50.2 Å². The molecule has 5 nitrogen and oxygen atoms in total. The fraction of sp³-hybridized carbons (Fsp3) is 0.333. The lowest BCUT2D eigenvalue weighted by atomic mass is 10.0. The van der Waals surface area contributed by atoms with Crippen molar-refractivity contribution in [2.24, 2.45) is 0 Å². The minimum absolute atomic E-state index is 0.0798. The van der Waals surface area contributed by atoms with Gasteiger partial charge in [-0.25, -0.2) is 9.37 Å². The Bertz CT molecular complexity index is 957. The number of nitrogens with one attached hydrogen (secondary N) is 1. The third-order valence-electron chi connectivity index (χ3n) is 5.27. The van der Waals surface area contributed by atoms with Crippen LogP contribution >= 0.6 is 11.3 Å². The molecule has 0 aliphatic carbocycles. The summed E-state index contributed by atoms with van der Waals surface area (Å²) in [6.45, 7) is 5.39. The van der Waals surface area contributed by atoms with Crippen molar-refractivity contribution in [1.29, 1.82) is 0 Å². The van der Waals surface area contributed by atoms with Gasteiger partial charge in [0.15, 0.2) is 5.13 Å². The number of anilines is 1. The van der Waals surface area contributed by atoms with E-state index in [1.54, 1.807) is 29.7 Å². The van der Waals surface area contributed by atoms with Crippen LogP contribution in [0.5, 0.6) is 0 Å². The van der Waals surface area contributed by atoms with Gasteiger partial charge >= 0.3 is 0 Å². The molecule has 0 saturated carbocycles.